The van der Waals surface area contributed by atoms with Crippen molar-refractivity contribution in [3.8, 4) is 0 Å². The molecule has 0 aliphatic rings. The van der Waals surface area contributed by atoms with Crippen molar-refractivity contribution in [2.45, 2.75) is 0 Å². The zero-order valence-corrected chi connectivity index (χ0v) is 13.7. The van der Waals surface area contributed by atoms with Gasteiger partial charge >= 0.3 is 0 Å². The molecule has 24 heavy (non-hydrogen) atoms. The van der Waals surface area contributed by atoms with E-state index in [9.17, 15) is 9.59 Å². The number of fused-ring (bicyclic) bond motifs is 1. The van der Waals surface area contributed by atoms with Crippen LogP contribution in [0.1, 0.15) is 5.56 Å². The minimum atomic E-state index is -0.356. The van der Waals surface area contributed by atoms with E-state index in [0.29, 0.717) is 32.2 Å². The summed E-state index contributed by atoms with van der Waals surface area (Å²) >= 11 is 12.0. The summed E-state index contributed by atoms with van der Waals surface area (Å²) in [5.74, 6) is -0.356. The fourth-order valence-corrected chi connectivity index (χ4v) is 2.52. The summed E-state index contributed by atoms with van der Waals surface area (Å²) in [6.07, 6.45) is 4.24. The van der Waals surface area contributed by atoms with E-state index in [1.54, 1.807) is 42.5 Å². The van der Waals surface area contributed by atoms with Gasteiger partial charge in [0.25, 0.3) is 5.56 Å². The first kappa shape index (κ1) is 16.2. The monoisotopic (exact) mass is 359 g/mol. The van der Waals surface area contributed by atoms with E-state index in [0.717, 1.165) is 0 Å². The molecule has 2 N–H and O–H groups in total. The second-order valence-electron chi connectivity index (χ2n) is 4.93. The smallest absolute Gasteiger partial charge is 0.258 e. The number of nitrogens with zero attached hydrogens (tertiary/aromatic N) is 1. The van der Waals surface area contributed by atoms with Crippen LogP contribution in [-0.2, 0) is 4.79 Å². The van der Waals surface area contributed by atoms with Crippen LogP contribution in [0, 0.1) is 0 Å². The molecule has 1 aromatic heterocycles. The number of hydrogen-bond acceptors (Lipinski definition) is 3. The number of aromatic amines is 1. The number of aromatic nitrogens is 2. The van der Waals surface area contributed by atoms with Gasteiger partial charge in [-0.25, -0.2) is 4.98 Å². The molecular weight excluding hydrogens is 349 g/mol. The van der Waals surface area contributed by atoms with E-state index in [-0.39, 0.29) is 11.5 Å². The zero-order chi connectivity index (χ0) is 17.1. The summed E-state index contributed by atoms with van der Waals surface area (Å²) in [5, 5.41) is 3.88. The number of anilines is 1. The van der Waals surface area contributed by atoms with Gasteiger partial charge in [0, 0.05) is 11.8 Å². The lowest BCUT2D eigenvalue weighted by molar-refractivity contribution is -0.111. The standard InChI is InChI=1S/C17H11Cl2N3O2/c18-13-3-1-2-10(16(13)19)4-7-15(23)22-11-5-6-14-12(8-11)17(24)21-9-20-14/h1-9H,(H,22,23)(H,20,21,24)/b7-4+. The van der Waals surface area contributed by atoms with Gasteiger partial charge in [0.15, 0.2) is 0 Å². The van der Waals surface area contributed by atoms with Crippen molar-refractivity contribution in [2.24, 2.45) is 0 Å². The molecule has 3 rings (SSSR count). The van der Waals surface area contributed by atoms with E-state index in [1.807, 2.05) is 0 Å². The molecule has 1 heterocycles. The third-order valence-electron chi connectivity index (χ3n) is 3.30. The molecule has 0 spiro atoms. The van der Waals surface area contributed by atoms with E-state index in [2.05, 4.69) is 15.3 Å². The average Bonchev–Trinajstić information content (AvgIpc) is 2.57. The van der Waals surface area contributed by atoms with Crippen molar-refractivity contribution in [1.82, 2.24) is 9.97 Å². The maximum Gasteiger partial charge on any atom is 0.258 e. The minimum absolute atomic E-state index is 0.266. The van der Waals surface area contributed by atoms with Crippen molar-refractivity contribution in [1.29, 1.82) is 0 Å². The molecule has 120 valence electrons. The summed E-state index contributed by atoms with van der Waals surface area (Å²) in [7, 11) is 0. The quantitative estimate of drug-likeness (QED) is 0.696. The highest BCUT2D eigenvalue weighted by Crippen LogP contribution is 2.26. The molecule has 1 amide bonds. The molecule has 0 fully saturated rings. The number of benzene rings is 2. The molecule has 0 aliphatic carbocycles. The number of amides is 1. The summed E-state index contributed by atoms with van der Waals surface area (Å²) in [6, 6.07) is 10.1. The molecule has 7 heteroatoms. The molecule has 0 aliphatic heterocycles. The van der Waals surface area contributed by atoms with E-state index >= 15 is 0 Å². The van der Waals surface area contributed by atoms with Crippen molar-refractivity contribution in [2.75, 3.05) is 5.32 Å². The van der Waals surface area contributed by atoms with Crippen LogP contribution in [0.25, 0.3) is 17.0 Å². The Morgan fingerprint density at radius 1 is 1.21 bits per heavy atom. The Kier molecular flexibility index (Phi) is 4.64. The van der Waals surface area contributed by atoms with Gasteiger partial charge in [0.05, 0.1) is 27.3 Å². The number of carbonyl (C=O) groups is 1. The van der Waals surface area contributed by atoms with Crippen LogP contribution in [-0.4, -0.2) is 15.9 Å². The van der Waals surface area contributed by atoms with E-state index in [1.165, 1.54) is 12.4 Å². The zero-order valence-electron chi connectivity index (χ0n) is 12.2. The molecule has 2 aromatic carbocycles. The molecule has 3 aromatic rings. The van der Waals surface area contributed by atoms with Gasteiger partial charge in [-0.2, -0.15) is 0 Å². The van der Waals surface area contributed by atoms with Gasteiger partial charge in [0.2, 0.25) is 5.91 Å². The molecule has 5 nitrogen and oxygen atoms in total. The number of nitrogens with one attached hydrogen (secondary N) is 2. The lowest BCUT2D eigenvalue weighted by Gasteiger charge is -2.04. The fourth-order valence-electron chi connectivity index (χ4n) is 2.15. The van der Waals surface area contributed by atoms with Gasteiger partial charge < -0.3 is 10.3 Å². The third-order valence-corrected chi connectivity index (χ3v) is 4.14. The lowest BCUT2D eigenvalue weighted by atomic mass is 10.2. The lowest BCUT2D eigenvalue weighted by Crippen LogP contribution is -2.10. The van der Waals surface area contributed by atoms with Crippen molar-refractivity contribution in [3.05, 3.63) is 74.8 Å². The van der Waals surface area contributed by atoms with Gasteiger partial charge in [-0.1, -0.05) is 35.3 Å². The maximum absolute atomic E-state index is 12.0. The van der Waals surface area contributed by atoms with Gasteiger partial charge in [-0.05, 0) is 35.9 Å². The Balaban J connectivity index is 1.80. The van der Waals surface area contributed by atoms with Crippen LogP contribution in [0.15, 0.2) is 53.6 Å². The molecule has 0 saturated carbocycles. The number of halogens is 2. The van der Waals surface area contributed by atoms with Crippen molar-refractivity contribution in [3.63, 3.8) is 0 Å². The number of carbonyl (C=O) groups excluding carboxylic acids is 1. The molecule has 0 bridgehead atoms. The summed E-state index contributed by atoms with van der Waals surface area (Å²) in [6.45, 7) is 0. The number of rotatable bonds is 3. The van der Waals surface area contributed by atoms with Crippen LogP contribution in [0.5, 0.6) is 0 Å². The van der Waals surface area contributed by atoms with Crippen LogP contribution < -0.4 is 10.9 Å². The summed E-state index contributed by atoms with van der Waals surface area (Å²) < 4.78 is 0. The Morgan fingerprint density at radius 3 is 2.88 bits per heavy atom. The Hall–Kier alpha value is -2.63. The van der Waals surface area contributed by atoms with Crippen molar-refractivity contribution < 1.29 is 4.79 Å². The van der Waals surface area contributed by atoms with Crippen LogP contribution in [0.3, 0.4) is 0 Å². The molecule has 0 unspecified atom stereocenters. The Bertz CT molecular complexity index is 1010. The van der Waals surface area contributed by atoms with Crippen LogP contribution >= 0.6 is 23.2 Å². The average molecular weight is 360 g/mol. The van der Waals surface area contributed by atoms with Crippen LogP contribution in [0.2, 0.25) is 10.0 Å². The highest BCUT2D eigenvalue weighted by Gasteiger charge is 2.04. The summed E-state index contributed by atoms with van der Waals surface area (Å²) in [5.41, 5.74) is 1.42. The van der Waals surface area contributed by atoms with E-state index in [4.69, 9.17) is 23.2 Å². The predicted octanol–water partition coefficient (Wildman–Crippen LogP) is 3.88. The van der Waals surface area contributed by atoms with Crippen molar-refractivity contribution >= 4 is 51.8 Å². The maximum atomic E-state index is 12.0. The largest absolute Gasteiger partial charge is 0.322 e. The highest BCUT2D eigenvalue weighted by atomic mass is 35.5. The molecule has 0 radical (unpaired) electrons. The summed E-state index contributed by atoms with van der Waals surface area (Å²) in [4.78, 5) is 30.3. The first-order valence-electron chi connectivity index (χ1n) is 6.95. The first-order chi connectivity index (χ1) is 11.5. The second kappa shape index (κ2) is 6.86. The fraction of sp³-hybridized carbons (Fsp3) is 0. The second-order valence-corrected chi connectivity index (χ2v) is 5.71. The molecule has 0 saturated heterocycles. The highest BCUT2D eigenvalue weighted by molar-refractivity contribution is 6.42. The van der Waals surface area contributed by atoms with Gasteiger partial charge in [-0.3, -0.25) is 9.59 Å². The normalized spacial score (nSPS) is 11.1. The Labute approximate surface area is 146 Å². The van der Waals surface area contributed by atoms with E-state index < -0.39 is 0 Å². The molecular formula is C17H11Cl2N3O2. The van der Waals surface area contributed by atoms with Crippen LogP contribution in [0.4, 0.5) is 5.69 Å². The number of H-pyrrole nitrogens is 1. The van der Waals surface area contributed by atoms with Gasteiger partial charge in [-0.15, -0.1) is 0 Å². The predicted molar refractivity (Wildman–Crippen MR) is 96.5 cm³/mol. The van der Waals surface area contributed by atoms with Gasteiger partial charge in [0.1, 0.15) is 0 Å². The molecule has 0 atom stereocenters. The first-order valence-corrected chi connectivity index (χ1v) is 7.71. The SMILES string of the molecule is O=C(/C=C/c1cccc(Cl)c1Cl)Nc1ccc2nc[nH]c(=O)c2c1. The third kappa shape index (κ3) is 3.48. The number of hydrogen-bond donors (Lipinski definition) is 2. The minimum Gasteiger partial charge on any atom is -0.322 e. The topological polar surface area (TPSA) is 74.8 Å². The Morgan fingerprint density at radius 2 is 2.04 bits per heavy atom.